The summed E-state index contributed by atoms with van der Waals surface area (Å²) >= 11 is 0. The van der Waals surface area contributed by atoms with Gasteiger partial charge in [-0.3, -0.25) is 0 Å². The molecule has 0 aliphatic rings. The minimum Gasteiger partial charge on any atom is -0.433 e. The van der Waals surface area contributed by atoms with Crippen LogP contribution in [0.2, 0.25) is 0 Å². The van der Waals surface area contributed by atoms with Gasteiger partial charge in [-0.15, -0.1) is 10.2 Å². The number of para-hydroxylation sites is 2. The molecular formula is C11H12F2N4O. The Morgan fingerprint density at radius 3 is 2.83 bits per heavy atom. The van der Waals surface area contributed by atoms with Crippen molar-refractivity contribution in [3.8, 4) is 5.75 Å². The average Bonchev–Trinajstić information content (AvgIpc) is 2.73. The molecule has 0 radical (unpaired) electrons. The molecule has 1 heterocycles. The van der Waals surface area contributed by atoms with Gasteiger partial charge in [0.2, 0.25) is 0 Å². The highest BCUT2D eigenvalue weighted by atomic mass is 19.3. The summed E-state index contributed by atoms with van der Waals surface area (Å²) in [7, 11) is 1.80. The Morgan fingerprint density at radius 1 is 1.39 bits per heavy atom. The van der Waals surface area contributed by atoms with Crippen molar-refractivity contribution in [2.75, 3.05) is 5.32 Å². The molecule has 2 rings (SSSR count). The molecule has 0 aliphatic carbocycles. The molecule has 1 aromatic carbocycles. The second-order valence-electron chi connectivity index (χ2n) is 3.59. The van der Waals surface area contributed by atoms with Crippen molar-refractivity contribution in [1.82, 2.24) is 14.8 Å². The van der Waals surface area contributed by atoms with E-state index in [1.807, 2.05) is 0 Å². The van der Waals surface area contributed by atoms with Crippen LogP contribution in [-0.4, -0.2) is 21.4 Å². The highest BCUT2D eigenvalue weighted by molar-refractivity contribution is 5.56. The van der Waals surface area contributed by atoms with Gasteiger partial charge < -0.3 is 14.6 Å². The van der Waals surface area contributed by atoms with E-state index in [1.54, 1.807) is 36.1 Å². The highest BCUT2D eigenvalue weighted by Crippen LogP contribution is 2.25. The van der Waals surface area contributed by atoms with Gasteiger partial charge in [-0.05, 0) is 12.1 Å². The fourth-order valence-electron chi connectivity index (χ4n) is 1.45. The van der Waals surface area contributed by atoms with E-state index in [1.165, 1.54) is 6.07 Å². The van der Waals surface area contributed by atoms with Gasteiger partial charge in [-0.2, -0.15) is 8.78 Å². The largest absolute Gasteiger partial charge is 0.433 e. The Balaban J connectivity index is 2.07. The van der Waals surface area contributed by atoms with Crippen molar-refractivity contribution in [2.24, 2.45) is 7.05 Å². The summed E-state index contributed by atoms with van der Waals surface area (Å²) in [6.45, 7) is -2.47. The minimum atomic E-state index is -2.84. The van der Waals surface area contributed by atoms with E-state index in [9.17, 15) is 8.78 Å². The monoisotopic (exact) mass is 254 g/mol. The van der Waals surface area contributed by atoms with Crippen molar-refractivity contribution in [1.29, 1.82) is 0 Å². The summed E-state index contributed by atoms with van der Waals surface area (Å²) < 4.78 is 30.6. The number of nitrogens with zero attached hydrogens (tertiary/aromatic N) is 3. The van der Waals surface area contributed by atoms with Gasteiger partial charge in [-0.25, -0.2) is 0 Å². The van der Waals surface area contributed by atoms with E-state index >= 15 is 0 Å². The number of rotatable bonds is 5. The lowest BCUT2D eigenvalue weighted by atomic mass is 10.3. The molecule has 0 fully saturated rings. The molecule has 0 spiro atoms. The molecule has 2 aromatic rings. The van der Waals surface area contributed by atoms with Crippen LogP contribution >= 0.6 is 0 Å². The Morgan fingerprint density at radius 2 is 2.17 bits per heavy atom. The van der Waals surface area contributed by atoms with Crippen molar-refractivity contribution in [3.05, 3.63) is 36.4 Å². The van der Waals surface area contributed by atoms with Crippen LogP contribution in [0, 0.1) is 0 Å². The summed E-state index contributed by atoms with van der Waals surface area (Å²) in [5.41, 5.74) is 0.487. The number of hydrogen-bond donors (Lipinski definition) is 1. The van der Waals surface area contributed by atoms with Gasteiger partial charge in [0, 0.05) is 7.05 Å². The molecule has 1 N–H and O–H groups in total. The minimum absolute atomic E-state index is 0.106. The first kappa shape index (κ1) is 12.3. The van der Waals surface area contributed by atoms with E-state index in [0.29, 0.717) is 18.1 Å². The number of nitrogens with one attached hydrogen (secondary N) is 1. The molecule has 7 heteroatoms. The number of aryl methyl sites for hydroxylation is 1. The van der Waals surface area contributed by atoms with E-state index in [4.69, 9.17) is 0 Å². The smallest absolute Gasteiger partial charge is 0.387 e. The lowest BCUT2D eigenvalue weighted by molar-refractivity contribution is -0.0493. The van der Waals surface area contributed by atoms with Crippen LogP contribution in [0.1, 0.15) is 5.82 Å². The number of halogens is 2. The van der Waals surface area contributed by atoms with Crippen LogP contribution in [0.4, 0.5) is 14.5 Å². The Kier molecular flexibility index (Phi) is 3.71. The van der Waals surface area contributed by atoms with Gasteiger partial charge >= 0.3 is 6.61 Å². The average molecular weight is 254 g/mol. The molecule has 0 saturated heterocycles. The maximum atomic E-state index is 12.2. The summed E-state index contributed by atoms with van der Waals surface area (Å²) in [5.74, 6) is 0.802. The zero-order valence-corrected chi connectivity index (χ0v) is 9.68. The molecule has 0 atom stereocenters. The summed E-state index contributed by atoms with van der Waals surface area (Å²) in [6, 6.07) is 6.50. The predicted molar refractivity (Wildman–Crippen MR) is 61.4 cm³/mol. The van der Waals surface area contributed by atoms with Crippen LogP contribution in [0.3, 0.4) is 0 Å². The van der Waals surface area contributed by atoms with E-state index in [-0.39, 0.29) is 5.75 Å². The predicted octanol–water partition coefficient (Wildman–Crippen LogP) is 2.03. The van der Waals surface area contributed by atoms with Gasteiger partial charge in [0.1, 0.15) is 12.1 Å². The van der Waals surface area contributed by atoms with E-state index in [2.05, 4.69) is 20.3 Å². The summed E-state index contributed by atoms with van der Waals surface area (Å²) in [4.78, 5) is 0. The molecule has 0 saturated carbocycles. The molecule has 0 amide bonds. The molecule has 1 aromatic heterocycles. The third-order valence-corrected chi connectivity index (χ3v) is 2.35. The van der Waals surface area contributed by atoms with E-state index < -0.39 is 6.61 Å². The fourth-order valence-corrected chi connectivity index (χ4v) is 1.45. The van der Waals surface area contributed by atoms with Crippen LogP contribution in [0.15, 0.2) is 30.6 Å². The zero-order valence-electron chi connectivity index (χ0n) is 9.68. The maximum Gasteiger partial charge on any atom is 0.387 e. The number of ether oxygens (including phenoxy) is 1. The second kappa shape index (κ2) is 5.44. The van der Waals surface area contributed by atoms with Crippen LogP contribution < -0.4 is 10.1 Å². The molecular weight excluding hydrogens is 242 g/mol. The number of benzene rings is 1. The highest BCUT2D eigenvalue weighted by Gasteiger charge is 2.09. The molecule has 0 bridgehead atoms. The molecule has 18 heavy (non-hydrogen) atoms. The summed E-state index contributed by atoms with van der Waals surface area (Å²) in [6.07, 6.45) is 1.57. The third kappa shape index (κ3) is 2.93. The Bertz CT molecular complexity index is 515. The van der Waals surface area contributed by atoms with Gasteiger partial charge in [-0.1, -0.05) is 12.1 Å². The number of anilines is 1. The standard InChI is InChI=1S/C11H12F2N4O/c1-17-7-15-16-10(17)6-14-8-4-2-3-5-9(8)18-11(12)13/h2-5,7,11,14H,6H2,1H3. The van der Waals surface area contributed by atoms with Gasteiger partial charge in [0.25, 0.3) is 0 Å². The van der Waals surface area contributed by atoms with Crippen molar-refractivity contribution in [2.45, 2.75) is 13.2 Å². The van der Waals surface area contributed by atoms with Crippen LogP contribution in [0.25, 0.3) is 0 Å². The number of aromatic nitrogens is 3. The van der Waals surface area contributed by atoms with Gasteiger partial charge in [0.15, 0.2) is 5.82 Å². The lowest BCUT2D eigenvalue weighted by Gasteiger charge is -2.11. The quantitative estimate of drug-likeness (QED) is 0.887. The first-order valence-corrected chi connectivity index (χ1v) is 5.27. The van der Waals surface area contributed by atoms with Gasteiger partial charge in [0.05, 0.1) is 12.2 Å². The van der Waals surface area contributed by atoms with Crippen molar-refractivity contribution in [3.63, 3.8) is 0 Å². The Labute approximate surface area is 102 Å². The first-order chi connectivity index (χ1) is 8.66. The number of alkyl halides is 2. The lowest BCUT2D eigenvalue weighted by Crippen LogP contribution is -2.08. The molecule has 0 unspecified atom stereocenters. The third-order valence-electron chi connectivity index (χ3n) is 2.35. The fraction of sp³-hybridized carbons (Fsp3) is 0.273. The number of hydrogen-bond acceptors (Lipinski definition) is 4. The summed E-state index contributed by atoms with van der Waals surface area (Å²) in [5, 5.41) is 10.6. The van der Waals surface area contributed by atoms with Crippen molar-refractivity contribution < 1.29 is 13.5 Å². The SMILES string of the molecule is Cn1cnnc1CNc1ccccc1OC(F)F. The molecule has 5 nitrogen and oxygen atoms in total. The Hall–Kier alpha value is -2.18. The first-order valence-electron chi connectivity index (χ1n) is 5.27. The topological polar surface area (TPSA) is 52.0 Å². The van der Waals surface area contributed by atoms with E-state index in [0.717, 1.165) is 0 Å². The zero-order chi connectivity index (χ0) is 13.0. The normalized spacial score (nSPS) is 10.7. The molecule has 96 valence electrons. The van der Waals surface area contributed by atoms with Crippen LogP contribution in [-0.2, 0) is 13.6 Å². The maximum absolute atomic E-state index is 12.2. The second-order valence-corrected chi connectivity index (χ2v) is 3.59. The van der Waals surface area contributed by atoms with Crippen LogP contribution in [0.5, 0.6) is 5.75 Å². The van der Waals surface area contributed by atoms with Crippen molar-refractivity contribution >= 4 is 5.69 Å². The molecule has 0 aliphatic heterocycles.